The number of carbonyl (C=O) groups excluding carboxylic acids is 2. The molecular weight excluding hydrogens is 325 g/mol. The molecule has 0 aliphatic carbocycles. The predicted molar refractivity (Wildman–Crippen MR) is 83.5 cm³/mol. The van der Waals surface area contributed by atoms with Gasteiger partial charge in [0.05, 0.1) is 5.56 Å². The minimum absolute atomic E-state index is 0.122. The molecule has 0 fully saturated rings. The van der Waals surface area contributed by atoms with E-state index in [0.717, 1.165) is 24.3 Å². The monoisotopic (exact) mass is 346 g/mol. The molecular formula is C16H21F3N2O3. The molecule has 0 aliphatic heterocycles. The van der Waals surface area contributed by atoms with E-state index < -0.39 is 29.8 Å². The third-order valence-electron chi connectivity index (χ3n) is 3.04. The average molecular weight is 346 g/mol. The predicted octanol–water partition coefficient (Wildman–Crippen LogP) is 3.80. The summed E-state index contributed by atoms with van der Waals surface area (Å²) in [7, 11) is 0. The molecule has 2 N–H and O–H groups in total. The SMILES string of the molecule is CCNC(=O)[C@H](CC(C)C)OC(=O)Nc1ccc(C(F)(F)F)cc1. The highest BCUT2D eigenvalue weighted by Gasteiger charge is 2.30. The molecule has 1 aromatic rings. The third-order valence-corrected chi connectivity index (χ3v) is 3.04. The van der Waals surface area contributed by atoms with Crippen molar-refractivity contribution in [2.45, 2.75) is 39.5 Å². The smallest absolute Gasteiger partial charge is 0.416 e. The van der Waals surface area contributed by atoms with Gasteiger partial charge in [-0.1, -0.05) is 13.8 Å². The van der Waals surface area contributed by atoms with Crippen molar-refractivity contribution in [3.63, 3.8) is 0 Å². The lowest BCUT2D eigenvalue weighted by atomic mass is 10.1. The molecule has 0 radical (unpaired) electrons. The highest BCUT2D eigenvalue weighted by atomic mass is 19.4. The van der Waals surface area contributed by atoms with Crippen molar-refractivity contribution >= 4 is 17.7 Å². The van der Waals surface area contributed by atoms with Crippen molar-refractivity contribution in [1.29, 1.82) is 0 Å². The molecule has 0 bridgehead atoms. The van der Waals surface area contributed by atoms with Crippen LogP contribution in [0.3, 0.4) is 0 Å². The van der Waals surface area contributed by atoms with Gasteiger partial charge in [-0.25, -0.2) is 4.79 Å². The average Bonchev–Trinajstić information content (AvgIpc) is 2.45. The maximum atomic E-state index is 12.5. The van der Waals surface area contributed by atoms with Gasteiger partial charge in [0.1, 0.15) is 0 Å². The molecule has 0 aliphatic rings. The molecule has 134 valence electrons. The Morgan fingerprint density at radius 3 is 2.21 bits per heavy atom. The largest absolute Gasteiger partial charge is 0.436 e. The van der Waals surface area contributed by atoms with Gasteiger partial charge in [0, 0.05) is 12.2 Å². The quantitative estimate of drug-likeness (QED) is 0.823. The topological polar surface area (TPSA) is 67.4 Å². The number of hydrogen-bond donors (Lipinski definition) is 2. The van der Waals surface area contributed by atoms with Gasteiger partial charge in [-0.3, -0.25) is 10.1 Å². The van der Waals surface area contributed by atoms with E-state index in [4.69, 9.17) is 4.74 Å². The van der Waals surface area contributed by atoms with Crippen molar-refractivity contribution in [2.24, 2.45) is 5.92 Å². The van der Waals surface area contributed by atoms with E-state index in [0.29, 0.717) is 13.0 Å². The lowest BCUT2D eigenvalue weighted by Crippen LogP contribution is -2.39. The summed E-state index contributed by atoms with van der Waals surface area (Å²) in [4.78, 5) is 23.7. The van der Waals surface area contributed by atoms with Crippen LogP contribution in [0.25, 0.3) is 0 Å². The fraction of sp³-hybridized carbons (Fsp3) is 0.500. The Labute approximate surface area is 138 Å². The first-order valence-electron chi connectivity index (χ1n) is 7.56. The van der Waals surface area contributed by atoms with Gasteiger partial charge in [-0.05, 0) is 43.5 Å². The summed E-state index contributed by atoms with van der Waals surface area (Å²) < 4.78 is 42.5. The molecule has 2 amide bonds. The van der Waals surface area contributed by atoms with Crippen LogP contribution in [0.5, 0.6) is 0 Å². The molecule has 0 heterocycles. The van der Waals surface area contributed by atoms with Gasteiger partial charge in [0.25, 0.3) is 5.91 Å². The molecule has 0 unspecified atom stereocenters. The number of anilines is 1. The van der Waals surface area contributed by atoms with E-state index in [-0.39, 0.29) is 11.6 Å². The molecule has 5 nitrogen and oxygen atoms in total. The summed E-state index contributed by atoms with van der Waals surface area (Å²) in [5, 5.41) is 4.89. The number of benzene rings is 1. The second-order valence-electron chi connectivity index (χ2n) is 5.62. The van der Waals surface area contributed by atoms with Gasteiger partial charge in [-0.15, -0.1) is 0 Å². The zero-order valence-electron chi connectivity index (χ0n) is 13.7. The Kier molecular flexibility index (Phi) is 7.06. The first-order valence-corrected chi connectivity index (χ1v) is 7.56. The Balaban J connectivity index is 2.69. The Morgan fingerprint density at radius 1 is 1.17 bits per heavy atom. The molecule has 1 atom stereocenters. The van der Waals surface area contributed by atoms with Crippen LogP contribution in [0.2, 0.25) is 0 Å². The number of ether oxygens (including phenoxy) is 1. The zero-order chi connectivity index (χ0) is 18.3. The number of amides is 2. The van der Waals surface area contributed by atoms with E-state index in [1.165, 1.54) is 0 Å². The van der Waals surface area contributed by atoms with E-state index in [1.54, 1.807) is 6.92 Å². The van der Waals surface area contributed by atoms with Gasteiger partial charge in [0.2, 0.25) is 0 Å². The molecule has 8 heteroatoms. The van der Waals surface area contributed by atoms with Crippen molar-refractivity contribution in [1.82, 2.24) is 5.32 Å². The van der Waals surface area contributed by atoms with Crippen LogP contribution in [0.4, 0.5) is 23.7 Å². The molecule has 0 aromatic heterocycles. The van der Waals surface area contributed by atoms with E-state index in [2.05, 4.69) is 10.6 Å². The van der Waals surface area contributed by atoms with Crippen molar-refractivity contribution < 1.29 is 27.5 Å². The summed E-state index contributed by atoms with van der Waals surface area (Å²) in [6.07, 6.45) is -5.96. The maximum absolute atomic E-state index is 12.5. The summed E-state index contributed by atoms with van der Waals surface area (Å²) in [5.74, 6) is -0.287. The zero-order valence-corrected chi connectivity index (χ0v) is 13.7. The van der Waals surface area contributed by atoms with Crippen LogP contribution in [-0.2, 0) is 15.7 Å². The van der Waals surface area contributed by atoms with Gasteiger partial charge in [-0.2, -0.15) is 13.2 Å². The lowest BCUT2D eigenvalue weighted by Gasteiger charge is -2.19. The fourth-order valence-corrected chi connectivity index (χ4v) is 1.94. The molecule has 24 heavy (non-hydrogen) atoms. The summed E-state index contributed by atoms with van der Waals surface area (Å²) in [6.45, 7) is 5.90. The number of nitrogens with one attached hydrogen (secondary N) is 2. The summed E-state index contributed by atoms with van der Waals surface area (Å²) in [6, 6.07) is 3.94. The first-order chi connectivity index (χ1) is 11.1. The third kappa shape index (κ3) is 6.47. The van der Waals surface area contributed by atoms with Crippen molar-refractivity contribution in [3.8, 4) is 0 Å². The van der Waals surface area contributed by atoms with Crippen LogP contribution >= 0.6 is 0 Å². The summed E-state index contributed by atoms with van der Waals surface area (Å²) in [5.41, 5.74) is -0.673. The second kappa shape index (κ2) is 8.56. The van der Waals surface area contributed by atoms with Gasteiger partial charge >= 0.3 is 12.3 Å². The lowest BCUT2D eigenvalue weighted by molar-refractivity contribution is -0.137. The number of rotatable bonds is 6. The van der Waals surface area contributed by atoms with Crippen LogP contribution < -0.4 is 10.6 Å². The number of likely N-dealkylation sites (N-methyl/N-ethyl adjacent to an activating group) is 1. The minimum atomic E-state index is -4.44. The molecule has 1 rings (SSSR count). The summed E-state index contributed by atoms with van der Waals surface area (Å²) >= 11 is 0. The molecule has 0 saturated carbocycles. The molecule has 1 aromatic carbocycles. The number of carbonyl (C=O) groups is 2. The fourth-order valence-electron chi connectivity index (χ4n) is 1.94. The van der Waals surface area contributed by atoms with E-state index in [1.807, 2.05) is 13.8 Å². The maximum Gasteiger partial charge on any atom is 0.416 e. The van der Waals surface area contributed by atoms with Crippen LogP contribution in [0.1, 0.15) is 32.8 Å². The van der Waals surface area contributed by atoms with Crippen LogP contribution in [-0.4, -0.2) is 24.6 Å². The number of halogens is 3. The molecule has 0 saturated heterocycles. The first kappa shape index (κ1) is 19.8. The minimum Gasteiger partial charge on any atom is -0.436 e. The number of alkyl halides is 3. The molecule has 0 spiro atoms. The second-order valence-corrected chi connectivity index (χ2v) is 5.62. The highest BCUT2D eigenvalue weighted by Crippen LogP contribution is 2.29. The van der Waals surface area contributed by atoms with Crippen LogP contribution in [0, 0.1) is 5.92 Å². The Morgan fingerprint density at radius 2 is 1.75 bits per heavy atom. The van der Waals surface area contributed by atoms with E-state index in [9.17, 15) is 22.8 Å². The van der Waals surface area contributed by atoms with Gasteiger partial charge in [0.15, 0.2) is 6.10 Å². The van der Waals surface area contributed by atoms with E-state index >= 15 is 0 Å². The van der Waals surface area contributed by atoms with Crippen LogP contribution in [0.15, 0.2) is 24.3 Å². The van der Waals surface area contributed by atoms with Crippen molar-refractivity contribution in [3.05, 3.63) is 29.8 Å². The normalized spacial score (nSPS) is 12.6. The van der Waals surface area contributed by atoms with Gasteiger partial charge < -0.3 is 10.1 Å². The number of hydrogen-bond acceptors (Lipinski definition) is 3. The standard InChI is InChI=1S/C16H21F3N2O3/c1-4-20-14(22)13(9-10(2)3)24-15(23)21-12-7-5-11(6-8-12)16(17,18)19/h5-8,10,13H,4,9H2,1-3H3,(H,20,22)(H,21,23)/t13-/m0/s1. The Bertz CT molecular complexity index is 557. The Hall–Kier alpha value is -2.25. The van der Waals surface area contributed by atoms with Crippen molar-refractivity contribution in [2.75, 3.05) is 11.9 Å². The highest BCUT2D eigenvalue weighted by molar-refractivity contribution is 5.88.